The zero-order valence-electron chi connectivity index (χ0n) is 9.78. The fraction of sp³-hybridized carbons (Fsp3) is 0.200. The van der Waals surface area contributed by atoms with E-state index in [9.17, 15) is 4.79 Å². The van der Waals surface area contributed by atoms with Crippen molar-refractivity contribution >= 4 is 23.4 Å². The second-order valence-electron chi connectivity index (χ2n) is 3.61. The number of nitrogens with two attached hydrogens (primary N) is 1. The van der Waals surface area contributed by atoms with Gasteiger partial charge in [-0.1, -0.05) is 0 Å². The van der Waals surface area contributed by atoms with Gasteiger partial charge < -0.3 is 15.4 Å². The molecule has 0 atom stereocenters. The standard InChI is InChI=1S/C10H11N5O2S/c1-5-13-14-10(15(5)2)18-8-3-6(9(16)17)7(11)4-12-8/h3-4H,11H2,1-2H3,(H,16,17). The third-order valence-corrected chi connectivity index (χ3v) is 3.36. The van der Waals surface area contributed by atoms with Crippen LogP contribution < -0.4 is 5.73 Å². The highest BCUT2D eigenvalue weighted by Crippen LogP contribution is 2.26. The van der Waals surface area contributed by atoms with Crippen molar-refractivity contribution in [3.8, 4) is 0 Å². The van der Waals surface area contributed by atoms with E-state index in [1.54, 1.807) is 4.57 Å². The predicted octanol–water partition coefficient (Wildman–Crippen LogP) is 0.950. The van der Waals surface area contributed by atoms with Crippen molar-refractivity contribution in [1.82, 2.24) is 19.7 Å². The van der Waals surface area contributed by atoms with Crippen LogP contribution in [-0.4, -0.2) is 30.8 Å². The molecule has 0 aliphatic carbocycles. The number of aryl methyl sites for hydroxylation is 1. The summed E-state index contributed by atoms with van der Waals surface area (Å²) in [6.07, 6.45) is 1.33. The summed E-state index contributed by atoms with van der Waals surface area (Å²) in [5.74, 6) is -0.308. The van der Waals surface area contributed by atoms with Gasteiger partial charge in [-0.05, 0) is 24.8 Å². The lowest BCUT2D eigenvalue weighted by Gasteiger charge is -2.04. The van der Waals surface area contributed by atoms with Crippen molar-refractivity contribution in [3.63, 3.8) is 0 Å². The lowest BCUT2D eigenvalue weighted by Crippen LogP contribution is -2.03. The molecule has 2 aromatic heterocycles. The van der Waals surface area contributed by atoms with Gasteiger partial charge in [-0.2, -0.15) is 0 Å². The quantitative estimate of drug-likeness (QED) is 0.850. The minimum Gasteiger partial charge on any atom is -0.478 e. The molecule has 0 unspecified atom stereocenters. The number of carboxylic acids is 1. The van der Waals surface area contributed by atoms with Crippen LogP contribution in [0.1, 0.15) is 16.2 Å². The summed E-state index contributed by atoms with van der Waals surface area (Å²) < 4.78 is 1.79. The zero-order chi connectivity index (χ0) is 13.3. The Hall–Kier alpha value is -2.09. The van der Waals surface area contributed by atoms with Crippen LogP contribution in [0.3, 0.4) is 0 Å². The SMILES string of the molecule is Cc1nnc(Sc2cc(C(=O)O)c(N)cn2)n1C. The minimum absolute atomic E-state index is 0.0337. The molecule has 0 aromatic carbocycles. The van der Waals surface area contributed by atoms with E-state index in [2.05, 4.69) is 15.2 Å². The largest absolute Gasteiger partial charge is 0.478 e. The van der Waals surface area contributed by atoms with Gasteiger partial charge in [0.25, 0.3) is 0 Å². The molecular formula is C10H11N5O2S. The number of hydrogen-bond acceptors (Lipinski definition) is 6. The molecule has 7 nitrogen and oxygen atoms in total. The van der Waals surface area contributed by atoms with Gasteiger partial charge in [0, 0.05) is 7.05 Å². The van der Waals surface area contributed by atoms with Gasteiger partial charge in [0.15, 0.2) is 5.16 Å². The number of carbonyl (C=O) groups is 1. The Morgan fingerprint density at radius 1 is 1.50 bits per heavy atom. The second kappa shape index (κ2) is 4.65. The number of rotatable bonds is 3. The van der Waals surface area contributed by atoms with E-state index in [1.165, 1.54) is 24.0 Å². The van der Waals surface area contributed by atoms with Crippen molar-refractivity contribution in [3.05, 3.63) is 23.7 Å². The van der Waals surface area contributed by atoms with Gasteiger partial charge in [0.1, 0.15) is 10.9 Å². The van der Waals surface area contributed by atoms with Crippen molar-refractivity contribution < 1.29 is 9.90 Å². The van der Waals surface area contributed by atoms with E-state index >= 15 is 0 Å². The Morgan fingerprint density at radius 2 is 2.22 bits per heavy atom. The third-order valence-electron chi connectivity index (χ3n) is 2.39. The minimum atomic E-state index is -1.08. The Kier molecular flexibility index (Phi) is 3.19. The van der Waals surface area contributed by atoms with E-state index in [0.717, 1.165) is 5.82 Å². The van der Waals surface area contributed by atoms with Gasteiger partial charge in [0.05, 0.1) is 17.4 Å². The fourth-order valence-electron chi connectivity index (χ4n) is 1.26. The van der Waals surface area contributed by atoms with E-state index in [1.807, 2.05) is 14.0 Å². The predicted molar refractivity (Wildman–Crippen MR) is 65.5 cm³/mol. The molecule has 0 amide bonds. The van der Waals surface area contributed by atoms with E-state index in [4.69, 9.17) is 10.8 Å². The van der Waals surface area contributed by atoms with Gasteiger partial charge in [-0.3, -0.25) is 0 Å². The topological polar surface area (TPSA) is 107 Å². The van der Waals surface area contributed by atoms with E-state index in [-0.39, 0.29) is 11.3 Å². The summed E-state index contributed by atoms with van der Waals surface area (Å²) in [6, 6.07) is 1.42. The summed E-state index contributed by atoms with van der Waals surface area (Å²) in [6.45, 7) is 1.83. The Morgan fingerprint density at radius 3 is 2.78 bits per heavy atom. The van der Waals surface area contributed by atoms with Crippen LogP contribution in [0.2, 0.25) is 0 Å². The maximum atomic E-state index is 10.9. The second-order valence-corrected chi connectivity index (χ2v) is 4.59. The van der Waals surface area contributed by atoms with Gasteiger partial charge >= 0.3 is 5.97 Å². The normalized spacial score (nSPS) is 10.6. The highest BCUT2D eigenvalue weighted by molar-refractivity contribution is 7.99. The van der Waals surface area contributed by atoms with E-state index in [0.29, 0.717) is 10.2 Å². The van der Waals surface area contributed by atoms with Gasteiger partial charge in [-0.25, -0.2) is 9.78 Å². The average molecular weight is 265 g/mol. The van der Waals surface area contributed by atoms with Crippen molar-refractivity contribution in [1.29, 1.82) is 0 Å². The number of carboxylic acid groups (broad SMARTS) is 1. The molecule has 0 fully saturated rings. The van der Waals surface area contributed by atoms with Crippen LogP contribution in [0.15, 0.2) is 22.4 Å². The van der Waals surface area contributed by atoms with Crippen LogP contribution in [0, 0.1) is 6.92 Å². The zero-order valence-corrected chi connectivity index (χ0v) is 10.6. The van der Waals surface area contributed by atoms with Crippen LogP contribution in [0.5, 0.6) is 0 Å². The first-order valence-corrected chi connectivity index (χ1v) is 5.83. The number of anilines is 1. The summed E-state index contributed by atoms with van der Waals surface area (Å²) in [4.78, 5) is 15.0. The molecule has 2 heterocycles. The fourth-order valence-corrected chi connectivity index (χ4v) is 2.08. The number of aromatic carboxylic acids is 1. The number of nitrogen functional groups attached to an aromatic ring is 1. The summed E-state index contributed by atoms with van der Waals surface area (Å²) in [5, 5.41) is 18.0. The molecule has 0 aliphatic rings. The third kappa shape index (κ3) is 2.28. The Balaban J connectivity index is 2.33. The maximum absolute atomic E-state index is 10.9. The van der Waals surface area contributed by atoms with Crippen LogP contribution in [0.25, 0.3) is 0 Å². The first-order chi connectivity index (χ1) is 8.49. The van der Waals surface area contributed by atoms with Gasteiger partial charge in [-0.15, -0.1) is 10.2 Å². The smallest absolute Gasteiger partial charge is 0.337 e. The molecule has 94 valence electrons. The van der Waals surface area contributed by atoms with Crippen molar-refractivity contribution in [2.24, 2.45) is 7.05 Å². The lowest BCUT2D eigenvalue weighted by atomic mass is 10.2. The molecular weight excluding hydrogens is 254 g/mol. The first kappa shape index (κ1) is 12.4. The summed E-state index contributed by atoms with van der Waals surface area (Å²) in [7, 11) is 1.83. The first-order valence-electron chi connectivity index (χ1n) is 5.01. The molecule has 18 heavy (non-hydrogen) atoms. The van der Waals surface area contributed by atoms with Crippen molar-refractivity contribution in [2.45, 2.75) is 17.1 Å². The Labute approximate surface area is 107 Å². The molecule has 8 heteroatoms. The lowest BCUT2D eigenvalue weighted by molar-refractivity contribution is 0.0697. The highest BCUT2D eigenvalue weighted by Gasteiger charge is 2.13. The molecule has 0 bridgehead atoms. The molecule has 0 saturated carbocycles. The molecule has 2 aromatic rings. The monoisotopic (exact) mass is 265 g/mol. The molecule has 0 radical (unpaired) electrons. The summed E-state index contributed by atoms with van der Waals surface area (Å²) >= 11 is 1.23. The van der Waals surface area contributed by atoms with Crippen LogP contribution in [0.4, 0.5) is 5.69 Å². The molecule has 3 N–H and O–H groups in total. The van der Waals surface area contributed by atoms with E-state index < -0.39 is 5.97 Å². The molecule has 2 rings (SSSR count). The summed E-state index contributed by atoms with van der Waals surface area (Å²) in [5.41, 5.74) is 5.71. The number of aromatic nitrogens is 4. The molecule has 0 saturated heterocycles. The number of nitrogens with zero attached hydrogens (tertiary/aromatic N) is 4. The van der Waals surface area contributed by atoms with Crippen molar-refractivity contribution in [2.75, 3.05) is 5.73 Å². The molecule has 0 aliphatic heterocycles. The highest BCUT2D eigenvalue weighted by atomic mass is 32.2. The molecule has 0 spiro atoms. The van der Waals surface area contributed by atoms with Crippen LogP contribution >= 0.6 is 11.8 Å². The average Bonchev–Trinajstić information content (AvgIpc) is 2.63. The Bertz CT molecular complexity index is 610. The maximum Gasteiger partial charge on any atom is 0.337 e. The van der Waals surface area contributed by atoms with Gasteiger partial charge in [0.2, 0.25) is 0 Å². The number of hydrogen-bond donors (Lipinski definition) is 2. The number of pyridine rings is 1. The van der Waals surface area contributed by atoms with Crippen LogP contribution in [-0.2, 0) is 7.05 Å².